The monoisotopic (exact) mass is 385 g/mol. The highest BCUT2D eigenvalue weighted by atomic mass is 32.1. The van der Waals surface area contributed by atoms with E-state index in [1.807, 2.05) is 4.90 Å². The van der Waals surface area contributed by atoms with Crippen molar-refractivity contribution in [3.8, 4) is 0 Å². The second-order valence-electron chi connectivity index (χ2n) is 7.89. The Morgan fingerprint density at radius 1 is 1.00 bits per heavy atom. The molecule has 27 heavy (non-hydrogen) atoms. The Morgan fingerprint density at radius 2 is 1.63 bits per heavy atom. The standard InChI is InChI=1S/C22H31N3OS/c1-16(2)19-8-5-9-20(17(3)4)21(19)23-22(26)25-12-10-24(11-13-25)15-18-7-6-14-27-18/h5-9,14,16-17H,10-13,15H2,1-4H3,(H,23,26). The van der Waals surface area contributed by atoms with Crippen molar-refractivity contribution in [3.05, 3.63) is 51.7 Å². The highest BCUT2D eigenvalue weighted by Gasteiger charge is 2.23. The highest BCUT2D eigenvalue weighted by molar-refractivity contribution is 7.09. The number of carbonyl (C=O) groups is 1. The van der Waals surface area contributed by atoms with Crippen molar-refractivity contribution in [1.29, 1.82) is 0 Å². The zero-order valence-corrected chi connectivity index (χ0v) is 17.7. The lowest BCUT2D eigenvalue weighted by Gasteiger charge is -2.35. The quantitative estimate of drug-likeness (QED) is 0.753. The SMILES string of the molecule is CC(C)c1cccc(C(C)C)c1NC(=O)N1CCN(Cc2cccs2)CC1. The summed E-state index contributed by atoms with van der Waals surface area (Å²) >= 11 is 1.80. The fraction of sp³-hybridized carbons (Fsp3) is 0.500. The molecule has 0 bridgehead atoms. The van der Waals surface area contributed by atoms with E-state index >= 15 is 0 Å². The van der Waals surface area contributed by atoms with E-state index in [4.69, 9.17) is 0 Å². The van der Waals surface area contributed by atoms with E-state index in [0.29, 0.717) is 11.8 Å². The fourth-order valence-electron chi connectivity index (χ4n) is 3.61. The maximum absolute atomic E-state index is 12.9. The molecular weight excluding hydrogens is 354 g/mol. The van der Waals surface area contributed by atoms with Gasteiger partial charge >= 0.3 is 6.03 Å². The fourth-order valence-corrected chi connectivity index (χ4v) is 4.36. The second kappa shape index (κ2) is 8.89. The second-order valence-corrected chi connectivity index (χ2v) is 8.93. The minimum atomic E-state index is 0.0285. The van der Waals surface area contributed by atoms with Crippen molar-refractivity contribution in [1.82, 2.24) is 9.80 Å². The van der Waals surface area contributed by atoms with Gasteiger partial charge in [-0.25, -0.2) is 4.79 Å². The van der Waals surface area contributed by atoms with E-state index in [0.717, 1.165) is 38.4 Å². The normalized spacial score (nSPS) is 15.6. The number of thiophene rings is 1. The summed E-state index contributed by atoms with van der Waals surface area (Å²) in [7, 11) is 0. The number of hydrogen-bond acceptors (Lipinski definition) is 3. The number of nitrogens with zero attached hydrogens (tertiary/aromatic N) is 2. The van der Waals surface area contributed by atoms with Gasteiger partial charge in [0, 0.05) is 43.3 Å². The number of urea groups is 1. The lowest BCUT2D eigenvalue weighted by molar-refractivity contribution is 0.143. The summed E-state index contributed by atoms with van der Waals surface area (Å²) in [4.78, 5) is 18.7. The molecule has 1 saturated heterocycles. The van der Waals surface area contributed by atoms with E-state index < -0.39 is 0 Å². The number of amides is 2. The molecule has 146 valence electrons. The van der Waals surface area contributed by atoms with E-state index in [9.17, 15) is 4.79 Å². The van der Waals surface area contributed by atoms with Gasteiger partial charge in [-0.3, -0.25) is 4.90 Å². The van der Waals surface area contributed by atoms with Crippen LogP contribution < -0.4 is 5.32 Å². The summed E-state index contributed by atoms with van der Waals surface area (Å²) < 4.78 is 0. The number of rotatable bonds is 5. The predicted octanol–water partition coefficient (Wildman–Crippen LogP) is 5.34. The predicted molar refractivity (Wildman–Crippen MR) is 115 cm³/mol. The molecule has 1 aromatic carbocycles. The van der Waals surface area contributed by atoms with Crippen molar-refractivity contribution in [2.75, 3.05) is 31.5 Å². The van der Waals surface area contributed by atoms with Gasteiger partial charge in [0.2, 0.25) is 0 Å². The third kappa shape index (κ3) is 4.90. The molecule has 0 aliphatic carbocycles. The number of anilines is 1. The Labute approximate surface area is 167 Å². The third-order valence-electron chi connectivity index (χ3n) is 5.22. The number of piperazine rings is 1. The van der Waals surface area contributed by atoms with Crippen LogP contribution >= 0.6 is 11.3 Å². The molecule has 4 nitrogen and oxygen atoms in total. The van der Waals surface area contributed by atoms with Crippen LogP contribution in [-0.4, -0.2) is 42.0 Å². The molecule has 0 unspecified atom stereocenters. The summed E-state index contributed by atoms with van der Waals surface area (Å²) in [5.41, 5.74) is 3.44. The van der Waals surface area contributed by atoms with E-state index in [-0.39, 0.29) is 6.03 Å². The maximum atomic E-state index is 12.9. The average molecular weight is 386 g/mol. The third-order valence-corrected chi connectivity index (χ3v) is 6.09. The van der Waals surface area contributed by atoms with Crippen LogP contribution in [0, 0.1) is 0 Å². The molecule has 1 aliphatic rings. The van der Waals surface area contributed by atoms with Crippen LogP contribution in [0.4, 0.5) is 10.5 Å². The molecule has 2 heterocycles. The molecule has 1 fully saturated rings. The largest absolute Gasteiger partial charge is 0.322 e. The summed E-state index contributed by atoms with van der Waals surface area (Å²) in [6.45, 7) is 13.1. The summed E-state index contributed by atoms with van der Waals surface area (Å²) in [6, 6.07) is 10.7. The first kappa shape index (κ1) is 19.9. The smallest absolute Gasteiger partial charge is 0.321 e. The van der Waals surface area contributed by atoms with E-state index in [2.05, 4.69) is 73.6 Å². The Morgan fingerprint density at radius 3 is 2.15 bits per heavy atom. The van der Waals surface area contributed by atoms with Crippen LogP contribution in [-0.2, 0) is 6.54 Å². The number of para-hydroxylation sites is 1. The van der Waals surface area contributed by atoms with Crippen LogP contribution in [0.5, 0.6) is 0 Å². The van der Waals surface area contributed by atoms with Gasteiger partial charge in [0.1, 0.15) is 0 Å². The number of hydrogen-bond donors (Lipinski definition) is 1. The van der Waals surface area contributed by atoms with Crippen LogP contribution in [0.15, 0.2) is 35.7 Å². The molecule has 1 N–H and O–H groups in total. The molecule has 0 radical (unpaired) electrons. The van der Waals surface area contributed by atoms with E-state index in [1.54, 1.807) is 11.3 Å². The number of carbonyl (C=O) groups excluding carboxylic acids is 1. The Hall–Kier alpha value is -1.85. The first-order valence-electron chi connectivity index (χ1n) is 9.89. The summed E-state index contributed by atoms with van der Waals surface area (Å²) in [5, 5.41) is 5.36. The summed E-state index contributed by atoms with van der Waals surface area (Å²) in [6.07, 6.45) is 0. The molecule has 1 aromatic heterocycles. The molecule has 5 heteroatoms. The lowest BCUT2D eigenvalue weighted by Crippen LogP contribution is -2.49. The van der Waals surface area contributed by atoms with Crippen molar-refractivity contribution in [3.63, 3.8) is 0 Å². The molecule has 2 aromatic rings. The van der Waals surface area contributed by atoms with Crippen molar-refractivity contribution in [2.24, 2.45) is 0 Å². The Bertz CT molecular complexity index is 721. The van der Waals surface area contributed by atoms with Crippen LogP contribution in [0.2, 0.25) is 0 Å². The first-order valence-corrected chi connectivity index (χ1v) is 10.8. The first-order chi connectivity index (χ1) is 13.0. The maximum Gasteiger partial charge on any atom is 0.321 e. The van der Waals surface area contributed by atoms with Gasteiger partial charge in [-0.2, -0.15) is 0 Å². The minimum Gasteiger partial charge on any atom is -0.322 e. The van der Waals surface area contributed by atoms with Gasteiger partial charge in [-0.1, -0.05) is 52.0 Å². The molecule has 3 rings (SSSR count). The van der Waals surface area contributed by atoms with Gasteiger partial charge in [-0.15, -0.1) is 11.3 Å². The molecule has 1 aliphatic heterocycles. The lowest BCUT2D eigenvalue weighted by atomic mass is 9.93. The van der Waals surface area contributed by atoms with Crippen molar-refractivity contribution < 1.29 is 4.79 Å². The Balaban J connectivity index is 1.64. The molecular formula is C22H31N3OS. The highest BCUT2D eigenvalue weighted by Crippen LogP contribution is 2.32. The van der Waals surface area contributed by atoms with E-state index in [1.165, 1.54) is 16.0 Å². The summed E-state index contributed by atoms with van der Waals surface area (Å²) in [5.74, 6) is 0.753. The van der Waals surface area contributed by atoms with Crippen LogP contribution in [0.3, 0.4) is 0 Å². The van der Waals surface area contributed by atoms with Gasteiger partial charge in [0.15, 0.2) is 0 Å². The minimum absolute atomic E-state index is 0.0285. The van der Waals surface area contributed by atoms with Crippen LogP contribution in [0.25, 0.3) is 0 Å². The number of nitrogens with one attached hydrogen (secondary N) is 1. The zero-order valence-electron chi connectivity index (χ0n) is 16.9. The van der Waals surface area contributed by atoms with Gasteiger partial charge in [0.25, 0.3) is 0 Å². The van der Waals surface area contributed by atoms with Gasteiger partial charge < -0.3 is 10.2 Å². The molecule has 0 atom stereocenters. The van der Waals surface area contributed by atoms with Crippen LogP contribution in [0.1, 0.15) is 55.5 Å². The molecule has 2 amide bonds. The average Bonchev–Trinajstić information content (AvgIpc) is 3.15. The van der Waals surface area contributed by atoms with Crippen molar-refractivity contribution >= 4 is 23.1 Å². The number of benzene rings is 1. The molecule has 0 saturated carbocycles. The van der Waals surface area contributed by atoms with Gasteiger partial charge in [0.05, 0.1) is 0 Å². The zero-order chi connectivity index (χ0) is 19.4. The molecule has 0 spiro atoms. The Kier molecular flexibility index (Phi) is 6.55. The van der Waals surface area contributed by atoms with Gasteiger partial charge in [-0.05, 0) is 34.4 Å². The van der Waals surface area contributed by atoms with Crippen molar-refractivity contribution in [2.45, 2.75) is 46.1 Å². The topological polar surface area (TPSA) is 35.6 Å².